The van der Waals surface area contributed by atoms with Crippen LogP contribution >= 0.6 is 0 Å². The van der Waals surface area contributed by atoms with Crippen LogP contribution in [-0.4, -0.2) is 38.8 Å². The second-order valence-electron chi connectivity index (χ2n) is 4.77. The molecule has 0 fully saturated rings. The maximum Gasteiger partial charge on any atom is 0.238 e. The molecular formula is C15H24N2O3. The van der Waals surface area contributed by atoms with Gasteiger partial charge in [-0.3, -0.25) is 4.79 Å². The first-order valence-corrected chi connectivity index (χ1v) is 6.88. The molecule has 0 spiro atoms. The Morgan fingerprint density at radius 3 is 2.85 bits per heavy atom. The first-order chi connectivity index (χ1) is 9.61. The van der Waals surface area contributed by atoms with E-state index in [2.05, 4.69) is 10.6 Å². The van der Waals surface area contributed by atoms with Gasteiger partial charge >= 0.3 is 0 Å². The van der Waals surface area contributed by atoms with E-state index in [-0.39, 0.29) is 12.0 Å². The minimum Gasteiger partial charge on any atom is -0.491 e. The van der Waals surface area contributed by atoms with Crippen molar-refractivity contribution in [1.82, 2.24) is 5.32 Å². The van der Waals surface area contributed by atoms with Gasteiger partial charge in [-0.1, -0.05) is 6.07 Å². The zero-order chi connectivity index (χ0) is 14.8. The van der Waals surface area contributed by atoms with Gasteiger partial charge in [-0.15, -0.1) is 0 Å². The monoisotopic (exact) mass is 280 g/mol. The molecule has 0 aliphatic rings. The van der Waals surface area contributed by atoms with Crippen LogP contribution in [0.5, 0.6) is 5.75 Å². The normalized spacial score (nSPS) is 10.6. The molecule has 5 nitrogen and oxygen atoms in total. The van der Waals surface area contributed by atoms with E-state index >= 15 is 0 Å². The molecule has 1 amide bonds. The number of carbonyl (C=O) groups excluding carboxylic acids is 1. The summed E-state index contributed by atoms with van der Waals surface area (Å²) in [6.45, 7) is 5.68. The van der Waals surface area contributed by atoms with Crippen LogP contribution < -0.4 is 15.4 Å². The van der Waals surface area contributed by atoms with Crippen LogP contribution in [0.15, 0.2) is 24.3 Å². The molecule has 0 bridgehead atoms. The molecule has 0 saturated carbocycles. The van der Waals surface area contributed by atoms with Crippen LogP contribution in [0.25, 0.3) is 0 Å². The first-order valence-electron chi connectivity index (χ1n) is 6.88. The van der Waals surface area contributed by atoms with Gasteiger partial charge in [-0.05, 0) is 38.9 Å². The molecule has 2 N–H and O–H groups in total. The summed E-state index contributed by atoms with van der Waals surface area (Å²) in [6, 6.07) is 7.40. The highest BCUT2D eigenvalue weighted by Crippen LogP contribution is 2.18. The Hall–Kier alpha value is -1.59. The Morgan fingerprint density at radius 2 is 2.15 bits per heavy atom. The summed E-state index contributed by atoms with van der Waals surface area (Å²) in [6.07, 6.45) is 1.00. The lowest BCUT2D eigenvalue weighted by Gasteiger charge is -2.11. The van der Waals surface area contributed by atoms with E-state index < -0.39 is 0 Å². The number of rotatable bonds is 9. The molecule has 1 aromatic rings. The summed E-state index contributed by atoms with van der Waals surface area (Å²) in [4.78, 5) is 11.7. The van der Waals surface area contributed by atoms with Gasteiger partial charge in [-0.2, -0.15) is 0 Å². The molecular weight excluding hydrogens is 256 g/mol. The minimum absolute atomic E-state index is 0.0656. The lowest BCUT2D eigenvalue weighted by Crippen LogP contribution is -2.29. The Kier molecular flexibility index (Phi) is 7.69. The number of methoxy groups -OCH3 is 1. The fraction of sp³-hybridized carbons (Fsp3) is 0.533. The van der Waals surface area contributed by atoms with Gasteiger partial charge in [-0.25, -0.2) is 0 Å². The van der Waals surface area contributed by atoms with Crippen molar-refractivity contribution in [1.29, 1.82) is 0 Å². The van der Waals surface area contributed by atoms with Crippen LogP contribution in [0.3, 0.4) is 0 Å². The molecule has 0 unspecified atom stereocenters. The maximum absolute atomic E-state index is 11.7. The molecule has 0 aromatic heterocycles. The van der Waals surface area contributed by atoms with Crippen molar-refractivity contribution < 1.29 is 14.3 Å². The highest BCUT2D eigenvalue weighted by atomic mass is 16.5. The topological polar surface area (TPSA) is 59.6 Å². The summed E-state index contributed by atoms with van der Waals surface area (Å²) >= 11 is 0. The SMILES string of the molecule is COCCCNCC(=O)Nc1cccc(OC(C)C)c1. The summed E-state index contributed by atoms with van der Waals surface area (Å²) in [5, 5.41) is 5.90. The summed E-state index contributed by atoms with van der Waals surface area (Å²) in [5.74, 6) is 0.690. The smallest absolute Gasteiger partial charge is 0.238 e. The van der Waals surface area contributed by atoms with Crippen molar-refractivity contribution >= 4 is 11.6 Å². The Balaban J connectivity index is 2.34. The predicted octanol–water partition coefficient (Wildman–Crippen LogP) is 2.04. The number of hydrogen-bond donors (Lipinski definition) is 2. The van der Waals surface area contributed by atoms with Crippen molar-refractivity contribution in [3.8, 4) is 5.75 Å². The second-order valence-corrected chi connectivity index (χ2v) is 4.77. The maximum atomic E-state index is 11.7. The molecule has 0 radical (unpaired) electrons. The predicted molar refractivity (Wildman–Crippen MR) is 80.2 cm³/mol. The number of nitrogens with one attached hydrogen (secondary N) is 2. The average molecular weight is 280 g/mol. The van der Waals surface area contributed by atoms with E-state index in [1.54, 1.807) is 7.11 Å². The van der Waals surface area contributed by atoms with Crippen LogP contribution in [0.1, 0.15) is 20.3 Å². The van der Waals surface area contributed by atoms with E-state index in [1.807, 2.05) is 38.1 Å². The standard InChI is InChI=1S/C15H24N2O3/c1-12(2)20-14-7-4-6-13(10-14)17-15(18)11-16-8-5-9-19-3/h4,6-7,10,12,16H,5,8-9,11H2,1-3H3,(H,17,18). The van der Waals surface area contributed by atoms with E-state index in [0.29, 0.717) is 13.2 Å². The van der Waals surface area contributed by atoms with Gasteiger partial charge < -0.3 is 20.1 Å². The van der Waals surface area contributed by atoms with Crippen LogP contribution in [-0.2, 0) is 9.53 Å². The van der Waals surface area contributed by atoms with E-state index in [4.69, 9.17) is 9.47 Å². The van der Waals surface area contributed by atoms with Gasteiger partial charge in [0.05, 0.1) is 12.6 Å². The molecule has 1 aromatic carbocycles. The average Bonchev–Trinajstić information content (AvgIpc) is 2.38. The van der Waals surface area contributed by atoms with Gasteiger partial charge in [0.1, 0.15) is 5.75 Å². The fourth-order valence-electron chi connectivity index (χ4n) is 1.67. The molecule has 0 aliphatic carbocycles. The number of amides is 1. The highest BCUT2D eigenvalue weighted by Gasteiger charge is 2.03. The molecule has 5 heteroatoms. The zero-order valence-electron chi connectivity index (χ0n) is 12.4. The molecule has 1 rings (SSSR count). The lowest BCUT2D eigenvalue weighted by atomic mass is 10.3. The first kappa shape index (κ1) is 16.5. The Morgan fingerprint density at radius 1 is 1.35 bits per heavy atom. The number of ether oxygens (including phenoxy) is 2. The van der Waals surface area contributed by atoms with E-state index in [9.17, 15) is 4.79 Å². The van der Waals surface area contributed by atoms with Crippen LogP contribution in [0, 0.1) is 0 Å². The quantitative estimate of drug-likeness (QED) is 0.680. The number of carbonyl (C=O) groups is 1. The summed E-state index contributed by atoms with van der Waals surface area (Å²) in [7, 11) is 1.67. The largest absolute Gasteiger partial charge is 0.491 e. The van der Waals surface area contributed by atoms with Crippen molar-refractivity contribution in [2.45, 2.75) is 26.4 Å². The Bertz CT molecular complexity index is 408. The van der Waals surface area contributed by atoms with Gasteiger partial charge in [0.15, 0.2) is 0 Å². The van der Waals surface area contributed by atoms with Crippen molar-refractivity contribution in [3.05, 3.63) is 24.3 Å². The minimum atomic E-state index is -0.0656. The molecule has 20 heavy (non-hydrogen) atoms. The van der Waals surface area contributed by atoms with E-state index in [0.717, 1.165) is 24.4 Å². The molecule has 0 heterocycles. The van der Waals surface area contributed by atoms with Crippen molar-refractivity contribution in [3.63, 3.8) is 0 Å². The highest BCUT2D eigenvalue weighted by molar-refractivity contribution is 5.92. The summed E-state index contributed by atoms with van der Waals surface area (Å²) in [5.41, 5.74) is 0.742. The van der Waals surface area contributed by atoms with Gasteiger partial charge in [0.25, 0.3) is 0 Å². The fourth-order valence-corrected chi connectivity index (χ4v) is 1.67. The lowest BCUT2D eigenvalue weighted by molar-refractivity contribution is -0.115. The van der Waals surface area contributed by atoms with Gasteiger partial charge in [0, 0.05) is 25.5 Å². The van der Waals surface area contributed by atoms with Crippen molar-refractivity contribution in [2.24, 2.45) is 0 Å². The number of hydrogen-bond acceptors (Lipinski definition) is 4. The molecule has 0 atom stereocenters. The Labute approximate surface area is 120 Å². The third-order valence-corrected chi connectivity index (χ3v) is 2.48. The van der Waals surface area contributed by atoms with Crippen LogP contribution in [0.4, 0.5) is 5.69 Å². The molecule has 0 aliphatic heterocycles. The molecule has 0 saturated heterocycles. The number of anilines is 1. The van der Waals surface area contributed by atoms with Gasteiger partial charge in [0.2, 0.25) is 5.91 Å². The third-order valence-electron chi connectivity index (χ3n) is 2.48. The summed E-state index contributed by atoms with van der Waals surface area (Å²) < 4.78 is 10.5. The number of benzene rings is 1. The third kappa shape index (κ3) is 7.11. The zero-order valence-corrected chi connectivity index (χ0v) is 12.4. The van der Waals surface area contributed by atoms with Crippen LogP contribution in [0.2, 0.25) is 0 Å². The van der Waals surface area contributed by atoms with E-state index in [1.165, 1.54) is 0 Å². The molecule has 112 valence electrons. The second kappa shape index (κ2) is 9.34. The van der Waals surface area contributed by atoms with Crippen molar-refractivity contribution in [2.75, 3.05) is 32.1 Å².